The number of benzene rings is 3. The maximum absolute atomic E-state index is 13.7. The van der Waals surface area contributed by atoms with Gasteiger partial charge in [0.15, 0.2) is 14.2 Å². The van der Waals surface area contributed by atoms with Gasteiger partial charge in [0.1, 0.15) is 0 Å². The molecule has 0 aliphatic heterocycles. The van der Waals surface area contributed by atoms with E-state index in [0.29, 0.717) is 5.30 Å². The Kier molecular flexibility index (Phi) is 5.44. The number of aryl methyl sites for hydroxylation is 3. The molecule has 0 amide bonds. The zero-order valence-corrected chi connectivity index (χ0v) is 16.1. The molecule has 0 saturated heterocycles. The summed E-state index contributed by atoms with van der Waals surface area (Å²) in [6.07, 6.45) is 0. The number of Topliss-reactive ketones (excluding diaryl/α,β-unsaturated/α-hetero) is 1. The van der Waals surface area contributed by atoms with Gasteiger partial charge in [-0.2, -0.15) is 0 Å². The van der Waals surface area contributed by atoms with E-state index in [1.165, 1.54) is 0 Å². The molecule has 0 aliphatic rings. The molecule has 1 atom stereocenters. The SMILES string of the molecule is Cc1cc(C)c(C(=O)C(c2ccccc2)c2ccccc2P=O)c(C)c1. The summed E-state index contributed by atoms with van der Waals surface area (Å²) < 4.78 is 11.7. The highest BCUT2D eigenvalue weighted by atomic mass is 31.1. The molecule has 3 aromatic carbocycles. The fourth-order valence-corrected chi connectivity index (χ4v) is 4.10. The number of carbonyl (C=O) groups excluding carboxylic acids is 1. The van der Waals surface area contributed by atoms with Crippen LogP contribution in [0.4, 0.5) is 0 Å². The summed E-state index contributed by atoms with van der Waals surface area (Å²) >= 11 is 0. The van der Waals surface area contributed by atoms with Gasteiger partial charge < -0.3 is 0 Å². The molecule has 0 bridgehead atoms. The Morgan fingerprint density at radius 3 is 2.04 bits per heavy atom. The van der Waals surface area contributed by atoms with Crippen molar-refractivity contribution in [3.63, 3.8) is 0 Å². The molecule has 2 nitrogen and oxygen atoms in total. The van der Waals surface area contributed by atoms with Gasteiger partial charge in [0.05, 0.1) is 5.92 Å². The van der Waals surface area contributed by atoms with Gasteiger partial charge in [0.25, 0.3) is 0 Å². The van der Waals surface area contributed by atoms with Gasteiger partial charge in [0, 0.05) is 10.9 Å². The Morgan fingerprint density at radius 2 is 1.42 bits per heavy atom. The van der Waals surface area contributed by atoms with E-state index < -0.39 is 5.92 Å². The maximum atomic E-state index is 13.7. The quantitative estimate of drug-likeness (QED) is 0.442. The minimum absolute atomic E-state index is 0.0438. The first-order valence-electron chi connectivity index (χ1n) is 8.62. The molecule has 0 heterocycles. The Labute approximate surface area is 156 Å². The van der Waals surface area contributed by atoms with Crippen LogP contribution in [0.3, 0.4) is 0 Å². The Bertz CT molecular complexity index is 938. The van der Waals surface area contributed by atoms with E-state index in [1.54, 1.807) is 0 Å². The summed E-state index contributed by atoms with van der Waals surface area (Å²) in [7, 11) is -0.0766. The zero-order chi connectivity index (χ0) is 18.7. The van der Waals surface area contributed by atoms with Crippen LogP contribution >= 0.6 is 8.46 Å². The molecule has 0 aromatic heterocycles. The number of rotatable bonds is 5. The van der Waals surface area contributed by atoms with Crippen molar-refractivity contribution in [2.45, 2.75) is 26.7 Å². The van der Waals surface area contributed by atoms with Gasteiger partial charge in [-0.1, -0.05) is 66.2 Å². The second-order valence-electron chi connectivity index (χ2n) is 6.63. The van der Waals surface area contributed by atoms with Crippen LogP contribution in [0.2, 0.25) is 0 Å². The van der Waals surface area contributed by atoms with Gasteiger partial charge >= 0.3 is 0 Å². The number of hydrogen-bond acceptors (Lipinski definition) is 2. The molecule has 3 heteroatoms. The maximum Gasteiger partial charge on any atom is 0.192 e. The van der Waals surface area contributed by atoms with Crippen molar-refractivity contribution in [2.24, 2.45) is 0 Å². The van der Waals surface area contributed by atoms with Crippen molar-refractivity contribution in [3.8, 4) is 0 Å². The Hall–Kier alpha value is -2.57. The van der Waals surface area contributed by atoms with Crippen molar-refractivity contribution in [3.05, 3.63) is 100 Å². The lowest BCUT2D eigenvalue weighted by Gasteiger charge is -2.21. The van der Waals surface area contributed by atoms with Crippen LogP contribution in [0.15, 0.2) is 66.7 Å². The summed E-state index contributed by atoms with van der Waals surface area (Å²) in [6, 6.07) is 21.2. The zero-order valence-electron chi connectivity index (χ0n) is 15.2. The van der Waals surface area contributed by atoms with Gasteiger partial charge in [-0.15, -0.1) is 0 Å². The first-order chi connectivity index (χ1) is 12.5. The molecule has 3 rings (SSSR count). The van der Waals surface area contributed by atoms with Gasteiger partial charge in [0.2, 0.25) is 0 Å². The first-order valence-corrected chi connectivity index (χ1v) is 9.43. The van der Waals surface area contributed by atoms with Gasteiger partial charge in [-0.25, -0.2) is 0 Å². The highest BCUT2D eigenvalue weighted by molar-refractivity contribution is 7.34. The topological polar surface area (TPSA) is 34.1 Å². The molecule has 26 heavy (non-hydrogen) atoms. The fourth-order valence-electron chi connectivity index (χ4n) is 3.65. The van der Waals surface area contributed by atoms with Gasteiger partial charge in [-0.3, -0.25) is 9.36 Å². The molecule has 130 valence electrons. The average molecular weight is 360 g/mol. The van der Waals surface area contributed by atoms with E-state index in [0.717, 1.165) is 33.4 Å². The smallest absolute Gasteiger partial charge is 0.192 e. The summed E-state index contributed by atoms with van der Waals surface area (Å²) in [5.41, 5.74) is 5.55. The van der Waals surface area contributed by atoms with Crippen LogP contribution in [-0.4, -0.2) is 5.78 Å². The van der Waals surface area contributed by atoms with E-state index in [4.69, 9.17) is 0 Å². The predicted octanol–water partition coefficient (Wildman–Crippen LogP) is 5.54. The first kappa shape index (κ1) is 18.2. The summed E-state index contributed by atoms with van der Waals surface area (Å²) in [4.78, 5) is 13.7. The normalized spacial score (nSPS) is 12.1. The van der Waals surface area contributed by atoms with Crippen molar-refractivity contribution in [1.29, 1.82) is 0 Å². The van der Waals surface area contributed by atoms with Crippen LogP contribution in [-0.2, 0) is 4.57 Å². The molecular formula is C23H21O2P. The third-order valence-corrected chi connectivity index (χ3v) is 5.27. The van der Waals surface area contributed by atoms with Gasteiger partial charge in [-0.05, 0) is 49.1 Å². The van der Waals surface area contributed by atoms with Crippen molar-refractivity contribution in [1.82, 2.24) is 0 Å². The van der Waals surface area contributed by atoms with Crippen LogP contribution in [0.1, 0.15) is 44.1 Å². The van der Waals surface area contributed by atoms with Crippen LogP contribution in [0, 0.1) is 20.8 Å². The van der Waals surface area contributed by atoms with Crippen LogP contribution in [0.5, 0.6) is 0 Å². The van der Waals surface area contributed by atoms with Crippen LogP contribution in [0.25, 0.3) is 0 Å². The molecular weight excluding hydrogens is 339 g/mol. The largest absolute Gasteiger partial charge is 0.293 e. The number of hydrogen-bond donors (Lipinski definition) is 0. The second kappa shape index (κ2) is 7.76. The molecule has 3 aromatic rings. The average Bonchev–Trinajstić information content (AvgIpc) is 2.62. The lowest BCUT2D eigenvalue weighted by atomic mass is 9.82. The monoisotopic (exact) mass is 360 g/mol. The van der Waals surface area contributed by atoms with E-state index in [1.807, 2.05) is 87.5 Å². The molecule has 0 fully saturated rings. The third-order valence-electron chi connectivity index (χ3n) is 4.66. The van der Waals surface area contributed by atoms with Crippen molar-refractivity contribution < 1.29 is 9.36 Å². The molecule has 1 unspecified atom stereocenters. The van der Waals surface area contributed by atoms with Crippen LogP contribution < -0.4 is 5.30 Å². The number of ketones is 1. The molecule has 0 spiro atoms. The molecule has 0 aliphatic carbocycles. The predicted molar refractivity (Wildman–Crippen MR) is 107 cm³/mol. The lowest BCUT2D eigenvalue weighted by Crippen LogP contribution is -2.21. The minimum Gasteiger partial charge on any atom is -0.293 e. The highest BCUT2D eigenvalue weighted by Crippen LogP contribution is 2.31. The Balaban J connectivity index is 2.22. The fraction of sp³-hybridized carbons (Fsp3) is 0.174. The molecule has 0 radical (unpaired) electrons. The summed E-state index contributed by atoms with van der Waals surface area (Å²) in [5, 5.41) is 0.650. The van der Waals surface area contributed by atoms with E-state index >= 15 is 0 Å². The summed E-state index contributed by atoms with van der Waals surface area (Å²) in [6.45, 7) is 5.99. The van der Waals surface area contributed by atoms with E-state index in [2.05, 4.69) is 0 Å². The Morgan fingerprint density at radius 1 is 0.846 bits per heavy atom. The highest BCUT2D eigenvalue weighted by Gasteiger charge is 2.28. The molecule has 0 saturated carbocycles. The van der Waals surface area contributed by atoms with Crippen molar-refractivity contribution in [2.75, 3.05) is 0 Å². The standard InChI is InChI=1S/C23H21O2P/c1-15-13-16(2)21(17(3)14-15)23(24)22(18-9-5-4-6-10-18)19-11-7-8-12-20(19)26-25/h4-14,22H,1-3H3. The number of carbonyl (C=O) groups is 1. The van der Waals surface area contributed by atoms with E-state index in [-0.39, 0.29) is 14.2 Å². The van der Waals surface area contributed by atoms with Crippen molar-refractivity contribution >= 4 is 19.5 Å². The molecule has 0 N–H and O–H groups in total. The lowest BCUT2D eigenvalue weighted by molar-refractivity contribution is 0.0973. The minimum atomic E-state index is -0.478. The second-order valence-corrected chi connectivity index (χ2v) is 7.30. The third kappa shape index (κ3) is 3.52. The van der Waals surface area contributed by atoms with E-state index in [9.17, 15) is 9.36 Å². The summed E-state index contributed by atoms with van der Waals surface area (Å²) in [5.74, 6) is -0.434.